The molecule has 5 rings (SSSR count). The van der Waals surface area contributed by atoms with Crippen LogP contribution in [0.1, 0.15) is 35.6 Å². The Kier molecular flexibility index (Phi) is 7.19. The van der Waals surface area contributed by atoms with Crippen molar-refractivity contribution in [3.05, 3.63) is 52.0 Å². The number of hydrogen-bond donors (Lipinski definition) is 3. The van der Waals surface area contributed by atoms with E-state index >= 15 is 0 Å². The predicted molar refractivity (Wildman–Crippen MR) is 141 cm³/mol. The van der Waals surface area contributed by atoms with Gasteiger partial charge in [0.2, 0.25) is 5.95 Å². The molecule has 0 radical (unpaired) electrons. The van der Waals surface area contributed by atoms with Crippen LogP contribution in [0.2, 0.25) is 0 Å². The smallest absolute Gasteiger partial charge is 0.290 e. The molecular formula is C25H28N8O3S. The van der Waals surface area contributed by atoms with Gasteiger partial charge in [-0.2, -0.15) is 0 Å². The zero-order chi connectivity index (χ0) is 25.9. The lowest BCUT2D eigenvalue weighted by molar-refractivity contribution is -0.115. The molecule has 0 spiro atoms. The molecule has 0 aliphatic carbocycles. The molecule has 3 aromatic heterocycles. The zero-order valence-corrected chi connectivity index (χ0v) is 21.5. The van der Waals surface area contributed by atoms with Crippen molar-refractivity contribution in [2.75, 3.05) is 30.3 Å². The minimum absolute atomic E-state index is 0.341. The van der Waals surface area contributed by atoms with E-state index in [1.807, 2.05) is 26.0 Å². The highest BCUT2D eigenvalue weighted by molar-refractivity contribution is 8.18. The summed E-state index contributed by atoms with van der Waals surface area (Å²) in [6, 6.07) is 5.55. The molecule has 0 aromatic carbocycles. The Morgan fingerprint density at radius 1 is 1.22 bits per heavy atom. The number of nitrogens with two attached hydrogens (primary N) is 1. The normalized spacial score (nSPS) is 17.6. The number of thioether (sulfide) groups is 1. The van der Waals surface area contributed by atoms with Crippen molar-refractivity contribution >= 4 is 40.8 Å². The first-order valence-corrected chi connectivity index (χ1v) is 12.9. The van der Waals surface area contributed by atoms with Gasteiger partial charge in [0.25, 0.3) is 11.1 Å². The van der Waals surface area contributed by atoms with Crippen LogP contribution in [0.25, 0.3) is 17.3 Å². The van der Waals surface area contributed by atoms with Crippen LogP contribution in [-0.2, 0) is 11.3 Å². The highest BCUT2D eigenvalue weighted by Gasteiger charge is 2.26. The number of pyridine rings is 1. The second-order valence-electron chi connectivity index (χ2n) is 9.14. The molecule has 5 heterocycles. The maximum atomic E-state index is 11.8. The van der Waals surface area contributed by atoms with Crippen molar-refractivity contribution in [2.24, 2.45) is 5.92 Å². The van der Waals surface area contributed by atoms with Crippen LogP contribution in [0, 0.1) is 19.8 Å². The minimum Gasteiger partial charge on any atom is -0.384 e. The van der Waals surface area contributed by atoms with E-state index in [0.717, 1.165) is 72.5 Å². The molecule has 192 valence electrons. The highest BCUT2D eigenvalue weighted by atomic mass is 32.2. The third-order valence-electron chi connectivity index (χ3n) is 6.50. The molecular weight excluding hydrogens is 492 g/mol. The van der Waals surface area contributed by atoms with Gasteiger partial charge in [-0.1, -0.05) is 11.2 Å². The predicted octanol–water partition coefficient (Wildman–Crippen LogP) is 3.06. The van der Waals surface area contributed by atoms with Gasteiger partial charge in [0.1, 0.15) is 11.6 Å². The highest BCUT2D eigenvalue weighted by Crippen LogP contribution is 2.29. The first-order chi connectivity index (χ1) is 17.9. The summed E-state index contributed by atoms with van der Waals surface area (Å²) < 4.78 is 5.34. The van der Waals surface area contributed by atoms with E-state index < -0.39 is 5.91 Å². The van der Waals surface area contributed by atoms with Crippen LogP contribution in [-0.4, -0.2) is 50.9 Å². The molecule has 2 fully saturated rings. The molecule has 2 aliphatic heterocycles. The van der Waals surface area contributed by atoms with Crippen molar-refractivity contribution in [3.8, 4) is 11.3 Å². The Labute approximate surface area is 218 Å². The number of anilines is 2. The van der Waals surface area contributed by atoms with Gasteiger partial charge in [0, 0.05) is 25.8 Å². The fraction of sp³-hybridized carbons (Fsp3) is 0.360. The first-order valence-electron chi connectivity index (χ1n) is 12.1. The number of nitrogen functional groups attached to an aromatic ring is 1. The number of nitrogens with zero attached hydrogens (tertiary/aromatic N) is 5. The van der Waals surface area contributed by atoms with E-state index in [1.54, 1.807) is 18.3 Å². The van der Waals surface area contributed by atoms with E-state index in [2.05, 4.69) is 35.6 Å². The topological polar surface area (TPSA) is 152 Å². The van der Waals surface area contributed by atoms with Gasteiger partial charge in [0.05, 0.1) is 27.6 Å². The number of hydrogen-bond acceptors (Lipinski definition) is 11. The molecule has 0 bridgehead atoms. The number of rotatable bonds is 7. The summed E-state index contributed by atoms with van der Waals surface area (Å²) >= 11 is 0.881. The lowest BCUT2D eigenvalue weighted by Crippen LogP contribution is -2.38. The third-order valence-corrected chi connectivity index (χ3v) is 7.31. The molecule has 2 aliphatic rings. The third kappa shape index (κ3) is 5.65. The fourth-order valence-electron chi connectivity index (χ4n) is 4.58. The lowest BCUT2D eigenvalue weighted by atomic mass is 9.96. The van der Waals surface area contributed by atoms with E-state index in [0.29, 0.717) is 34.8 Å². The molecule has 37 heavy (non-hydrogen) atoms. The Bertz CT molecular complexity index is 1340. The molecule has 3 aromatic rings. The van der Waals surface area contributed by atoms with Gasteiger partial charge in [-0.05, 0) is 74.7 Å². The maximum Gasteiger partial charge on any atom is 0.290 e. The van der Waals surface area contributed by atoms with E-state index in [-0.39, 0.29) is 5.24 Å². The summed E-state index contributed by atoms with van der Waals surface area (Å²) in [4.78, 5) is 39.3. The van der Waals surface area contributed by atoms with Gasteiger partial charge in [-0.15, -0.1) is 0 Å². The standard InChI is InChI=1S/C25H28N8O3S/c1-14-21(15(2)36-32-14)22-17(3-4-20(26)30-22)13-27-12-16-6-9-33(10-7-16)24-28-8-5-18(29-24)11-19-23(34)31-25(35)37-19/h3-5,8,11,16,27H,6-7,9-10,12-13H2,1-2H3,(H2,26,30)(H,31,34,35). The molecule has 2 saturated heterocycles. The van der Waals surface area contributed by atoms with Crippen LogP contribution in [0.4, 0.5) is 16.6 Å². The monoisotopic (exact) mass is 520 g/mol. The average molecular weight is 521 g/mol. The van der Waals surface area contributed by atoms with E-state index in [9.17, 15) is 9.59 Å². The van der Waals surface area contributed by atoms with E-state index in [1.165, 1.54) is 0 Å². The number of nitrogens with one attached hydrogen (secondary N) is 2. The minimum atomic E-state index is -0.392. The zero-order valence-electron chi connectivity index (χ0n) is 20.7. The Hall–Kier alpha value is -3.77. The molecule has 11 nitrogen and oxygen atoms in total. The SMILES string of the molecule is Cc1noc(C)c1-c1nc(N)ccc1CNCC1CCN(c2nccc(C=C3SC(=O)NC3=O)n2)CC1. The van der Waals surface area contributed by atoms with Gasteiger partial charge in [-0.25, -0.2) is 15.0 Å². The fourth-order valence-corrected chi connectivity index (χ4v) is 5.25. The molecule has 0 atom stereocenters. The van der Waals surface area contributed by atoms with Crippen molar-refractivity contribution in [3.63, 3.8) is 0 Å². The summed E-state index contributed by atoms with van der Waals surface area (Å²) in [5.74, 6) is 1.96. The van der Waals surface area contributed by atoms with Gasteiger partial charge >= 0.3 is 0 Å². The summed E-state index contributed by atoms with van der Waals surface area (Å²) in [7, 11) is 0. The van der Waals surface area contributed by atoms with E-state index in [4.69, 9.17) is 10.3 Å². The second-order valence-corrected chi connectivity index (χ2v) is 10.2. The van der Waals surface area contributed by atoms with Crippen LogP contribution >= 0.6 is 11.8 Å². The van der Waals surface area contributed by atoms with Crippen molar-refractivity contribution < 1.29 is 14.1 Å². The Morgan fingerprint density at radius 3 is 2.73 bits per heavy atom. The second kappa shape index (κ2) is 10.7. The molecule has 12 heteroatoms. The van der Waals surface area contributed by atoms with Crippen LogP contribution in [0.15, 0.2) is 33.8 Å². The van der Waals surface area contributed by atoms with Crippen molar-refractivity contribution in [1.82, 2.24) is 30.7 Å². The number of aryl methyl sites for hydroxylation is 2. The number of carbonyl (C=O) groups excluding carboxylic acids is 2. The molecule has 4 N–H and O–H groups in total. The first kappa shape index (κ1) is 24.9. The summed E-state index contributed by atoms with van der Waals surface area (Å²) in [6.07, 6.45) is 5.31. The van der Waals surface area contributed by atoms with Gasteiger partial charge in [-0.3, -0.25) is 14.9 Å². The Morgan fingerprint density at radius 2 is 2.03 bits per heavy atom. The van der Waals surface area contributed by atoms with Crippen molar-refractivity contribution in [1.29, 1.82) is 0 Å². The summed E-state index contributed by atoms with van der Waals surface area (Å²) in [5.41, 5.74) is 10.1. The Balaban J connectivity index is 1.16. The number of aromatic nitrogens is 4. The molecule has 0 unspecified atom stereocenters. The van der Waals surface area contributed by atoms with Crippen molar-refractivity contribution in [2.45, 2.75) is 33.2 Å². The lowest BCUT2D eigenvalue weighted by Gasteiger charge is -2.32. The summed E-state index contributed by atoms with van der Waals surface area (Å²) in [5, 5.41) is 9.54. The molecule has 2 amide bonds. The average Bonchev–Trinajstić information content (AvgIpc) is 3.39. The number of imide groups is 1. The van der Waals surface area contributed by atoms with Crippen LogP contribution in [0.3, 0.4) is 0 Å². The number of amides is 2. The number of piperidine rings is 1. The van der Waals surface area contributed by atoms with Gasteiger partial charge < -0.3 is 20.5 Å². The largest absolute Gasteiger partial charge is 0.384 e. The summed E-state index contributed by atoms with van der Waals surface area (Å²) in [6.45, 7) is 7.02. The number of carbonyl (C=O) groups is 2. The molecule has 0 saturated carbocycles. The maximum absolute atomic E-state index is 11.8. The van der Waals surface area contributed by atoms with Crippen LogP contribution in [0.5, 0.6) is 0 Å². The van der Waals surface area contributed by atoms with Gasteiger partial charge in [0.15, 0.2) is 0 Å². The van der Waals surface area contributed by atoms with Crippen LogP contribution < -0.4 is 21.3 Å². The quantitative estimate of drug-likeness (QED) is 0.394.